The van der Waals surface area contributed by atoms with E-state index in [1.54, 1.807) is 42.5 Å². The van der Waals surface area contributed by atoms with Crippen LogP contribution in [-0.4, -0.2) is 49.2 Å². The standard InChI is InChI=1S/C25H25N5O6S/c1-5-35-20-14-17(12-13-26-20)23-28-24(30-37(31,32)21-11-10-16(2)15-27-21)22(25(29-23)34-4)36-19-9-7-6-8-18(19)33-3/h6-15H,5H2,1-4H3,(H,28,29,30). The molecular formula is C25H25N5O6S. The van der Waals surface area contributed by atoms with Gasteiger partial charge in [0.1, 0.15) is 0 Å². The SMILES string of the molecule is CCOc1cc(-c2nc(NS(=O)(=O)c3ccc(C)cn3)c(Oc3ccccc3OC)c(OC)n2)ccn1. The van der Waals surface area contributed by atoms with E-state index in [1.807, 2.05) is 13.8 Å². The van der Waals surface area contributed by atoms with Crippen LogP contribution in [0.3, 0.4) is 0 Å². The minimum absolute atomic E-state index is 0.0137. The molecule has 0 radical (unpaired) electrons. The molecule has 37 heavy (non-hydrogen) atoms. The second kappa shape index (κ2) is 11.1. The highest BCUT2D eigenvalue weighted by Gasteiger charge is 2.25. The van der Waals surface area contributed by atoms with Gasteiger partial charge in [-0.3, -0.25) is 4.72 Å². The molecule has 0 bridgehead atoms. The summed E-state index contributed by atoms with van der Waals surface area (Å²) in [5.74, 6) is 0.995. The average Bonchev–Trinajstić information content (AvgIpc) is 2.90. The Kier molecular flexibility index (Phi) is 7.68. The van der Waals surface area contributed by atoms with E-state index in [4.69, 9.17) is 18.9 Å². The van der Waals surface area contributed by atoms with Crippen molar-refractivity contribution < 1.29 is 27.4 Å². The van der Waals surface area contributed by atoms with Crippen LogP contribution in [0.15, 0.2) is 66.0 Å². The van der Waals surface area contributed by atoms with E-state index in [0.29, 0.717) is 29.5 Å². The highest BCUT2D eigenvalue weighted by molar-refractivity contribution is 7.92. The van der Waals surface area contributed by atoms with Gasteiger partial charge in [0.2, 0.25) is 11.6 Å². The van der Waals surface area contributed by atoms with Crippen molar-refractivity contribution in [2.24, 2.45) is 0 Å². The fourth-order valence-corrected chi connectivity index (χ4v) is 4.18. The molecule has 4 rings (SSSR count). The number of para-hydroxylation sites is 2. The monoisotopic (exact) mass is 523 g/mol. The number of nitrogens with zero attached hydrogens (tertiary/aromatic N) is 4. The highest BCUT2D eigenvalue weighted by Crippen LogP contribution is 2.41. The van der Waals surface area contributed by atoms with Crippen molar-refractivity contribution in [2.45, 2.75) is 18.9 Å². The first-order valence-corrected chi connectivity index (χ1v) is 12.6. The Labute approximate surface area is 214 Å². The molecular weight excluding hydrogens is 498 g/mol. The zero-order valence-corrected chi connectivity index (χ0v) is 21.4. The van der Waals surface area contributed by atoms with Crippen molar-refractivity contribution in [1.82, 2.24) is 19.9 Å². The molecule has 0 aliphatic heterocycles. The molecule has 0 spiro atoms. The Morgan fingerprint density at radius 1 is 0.946 bits per heavy atom. The van der Waals surface area contributed by atoms with Crippen molar-refractivity contribution in [3.8, 4) is 40.4 Å². The van der Waals surface area contributed by atoms with Gasteiger partial charge in [-0.05, 0) is 43.7 Å². The number of pyridine rings is 2. The van der Waals surface area contributed by atoms with E-state index in [9.17, 15) is 8.42 Å². The van der Waals surface area contributed by atoms with E-state index in [2.05, 4.69) is 24.7 Å². The van der Waals surface area contributed by atoms with Crippen LogP contribution in [0.2, 0.25) is 0 Å². The topological polar surface area (TPSA) is 135 Å². The third-order valence-corrected chi connectivity index (χ3v) is 6.24. The van der Waals surface area contributed by atoms with E-state index in [1.165, 1.54) is 32.7 Å². The van der Waals surface area contributed by atoms with Gasteiger partial charge in [0.05, 0.1) is 20.8 Å². The highest BCUT2D eigenvalue weighted by atomic mass is 32.2. The minimum Gasteiger partial charge on any atom is -0.493 e. The average molecular weight is 524 g/mol. The summed E-state index contributed by atoms with van der Waals surface area (Å²) < 4.78 is 51.3. The molecule has 192 valence electrons. The Balaban J connectivity index is 1.86. The molecule has 0 atom stereocenters. The van der Waals surface area contributed by atoms with Gasteiger partial charge in [0.25, 0.3) is 15.9 Å². The normalized spacial score (nSPS) is 11.0. The lowest BCUT2D eigenvalue weighted by atomic mass is 10.2. The fraction of sp³-hybridized carbons (Fsp3) is 0.200. The Bertz CT molecular complexity index is 1500. The van der Waals surface area contributed by atoms with Gasteiger partial charge in [-0.1, -0.05) is 18.2 Å². The number of aryl methyl sites for hydroxylation is 1. The first-order valence-electron chi connectivity index (χ1n) is 11.2. The number of rotatable bonds is 10. The molecule has 3 aromatic heterocycles. The smallest absolute Gasteiger partial charge is 0.280 e. The number of hydrogen-bond donors (Lipinski definition) is 1. The Morgan fingerprint density at radius 2 is 1.73 bits per heavy atom. The lowest BCUT2D eigenvalue weighted by molar-refractivity contribution is 0.327. The number of benzene rings is 1. The van der Waals surface area contributed by atoms with Gasteiger partial charge >= 0.3 is 0 Å². The van der Waals surface area contributed by atoms with E-state index in [-0.39, 0.29) is 28.3 Å². The van der Waals surface area contributed by atoms with Crippen molar-refractivity contribution in [3.63, 3.8) is 0 Å². The van der Waals surface area contributed by atoms with Crippen molar-refractivity contribution in [3.05, 3.63) is 66.5 Å². The summed E-state index contributed by atoms with van der Waals surface area (Å²) in [5, 5.41) is -0.192. The molecule has 0 aliphatic rings. The first kappa shape index (κ1) is 25.6. The summed E-state index contributed by atoms with van der Waals surface area (Å²) in [6.45, 7) is 4.06. The van der Waals surface area contributed by atoms with Crippen LogP contribution in [0.1, 0.15) is 12.5 Å². The van der Waals surface area contributed by atoms with Crippen LogP contribution in [0.25, 0.3) is 11.4 Å². The predicted octanol–water partition coefficient (Wildman–Crippen LogP) is 4.25. The maximum absolute atomic E-state index is 13.2. The Morgan fingerprint density at radius 3 is 2.41 bits per heavy atom. The van der Waals surface area contributed by atoms with Crippen molar-refractivity contribution >= 4 is 15.8 Å². The third kappa shape index (κ3) is 5.86. The fourth-order valence-electron chi connectivity index (χ4n) is 3.24. The number of aromatic nitrogens is 4. The molecule has 0 amide bonds. The lowest BCUT2D eigenvalue weighted by Gasteiger charge is -2.17. The number of anilines is 1. The molecule has 0 unspecified atom stereocenters. The number of nitrogens with one attached hydrogen (secondary N) is 1. The third-order valence-electron chi connectivity index (χ3n) is 4.98. The molecule has 1 N–H and O–H groups in total. The number of sulfonamides is 1. The van der Waals surface area contributed by atoms with Crippen molar-refractivity contribution in [1.29, 1.82) is 0 Å². The number of methoxy groups -OCH3 is 2. The molecule has 4 aromatic rings. The van der Waals surface area contributed by atoms with Crippen LogP contribution in [0.5, 0.6) is 29.0 Å². The lowest BCUT2D eigenvalue weighted by Crippen LogP contribution is -2.17. The molecule has 0 saturated heterocycles. The van der Waals surface area contributed by atoms with Crippen LogP contribution in [0.4, 0.5) is 5.82 Å². The molecule has 0 aliphatic carbocycles. The van der Waals surface area contributed by atoms with Gasteiger partial charge in [0.15, 0.2) is 28.2 Å². The molecule has 0 saturated carbocycles. The molecule has 3 heterocycles. The Hall–Kier alpha value is -4.45. The van der Waals surface area contributed by atoms with Crippen LogP contribution >= 0.6 is 0 Å². The molecule has 12 heteroatoms. The summed E-state index contributed by atoms with van der Waals surface area (Å²) in [7, 11) is -1.28. The minimum atomic E-state index is -4.16. The van der Waals surface area contributed by atoms with Gasteiger partial charge in [0, 0.05) is 24.0 Å². The maximum Gasteiger partial charge on any atom is 0.280 e. The van der Waals surface area contributed by atoms with E-state index < -0.39 is 10.0 Å². The first-order chi connectivity index (χ1) is 17.8. The summed E-state index contributed by atoms with van der Waals surface area (Å²) >= 11 is 0. The zero-order valence-electron chi connectivity index (χ0n) is 20.6. The van der Waals surface area contributed by atoms with Gasteiger partial charge in [-0.2, -0.15) is 13.4 Å². The van der Waals surface area contributed by atoms with Gasteiger partial charge in [-0.15, -0.1) is 0 Å². The summed E-state index contributed by atoms with van der Waals surface area (Å²) in [5.41, 5.74) is 1.34. The molecule has 1 aromatic carbocycles. The quantitative estimate of drug-likeness (QED) is 0.321. The summed E-state index contributed by atoms with van der Waals surface area (Å²) in [6.07, 6.45) is 2.99. The maximum atomic E-state index is 13.2. The number of ether oxygens (including phenoxy) is 4. The van der Waals surface area contributed by atoms with E-state index >= 15 is 0 Å². The largest absolute Gasteiger partial charge is 0.493 e. The second-order valence-corrected chi connectivity index (χ2v) is 9.21. The van der Waals surface area contributed by atoms with Gasteiger partial charge in [-0.25, -0.2) is 15.0 Å². The van der Waals surface area contributed by atoms with Crippen molar-refractivity contribution in [2.75, 3.05) is 25.5 Å². The zero-order chi connectivity index (χ0) is 26.4. The molecule has 11 nitrogen and oxygen atoms in total. The second-order valence-electron chi connectivity index (χ2n) is 7.58. The van der Waals surface area contributed by atoms with E-state index in [0.717, 1.165) is 5.56 Å². The van der Waals surface area contributed by atoms with Crippen LogP contribution in [0, 0.1) is 6.92 Å². The summed E-state index contributed by atoms with van der Waals surface area (Å²) in [6, 6.07) is 13.2. The van der Waals surface area contributed by atoms with Gasteiger partial charge < -0.3 is 18.9 Å². The number of hydrogen-bond acceptors (Lipinski definition) is 10. The van der Waals surface area contributed by atoms with Crippen LogP contribution in [-0.2, 0) is 10.0 Å². The predicted molar refractivity (Wildman–Crippen MR) is 136 cm³/mol. The molecule has 0 fully saturated rings. The summed E-state index contributed by atoms with van der Waals surface area (Å²) in [4.78, 5) is 17.1. The van der Waals surface area contributed by atoms with Crippen LogP contribution < -0.4 is 23.7 Å².